The van der Waals surface area contributed by atoms with Crippen LogP contribution in [0.1, 0.15) is 58.8 Å². The topological polar surface area (TPSA) is 123 Å². The maximum absolute atomic E-state index is 14.2. The van der Waals surface area contributed by atoms with Crippen LogP contribution in [0.5, 0.6) is 5.88 Å². The number of fused-ring (bicyclic) bond motifs is 1. The van der Waals surface area contributed by atoms with Crippen molar-refractivity contribution in [3.63, 3.8) is 0 Å². The predicted molar refractivity (Wildman–Crippen MR) is 148 cm³/mol. The summed E-state index contributed by atoms with van der Waals surface area (Å²) in [6.45, 7) is 1.37. The number of carbonyl (C=O) groups is 1. The number of ether oxygens (including phenoxy) is 2. The number of pyridine rings is 2. The zero-order valence-electron chi connectivity index (χ0n) is 22.3. The third-order valence-electron chi connectivity index (χ3n) is 7.67. The molecule has 10 heteroatoms. The second-order valence-electron chi connectivity index (χ2n) is 10.4. The molecule has 4 aromatic rings. The molecule has 1 fully saturated rings. The number of allylic oxidation sites excluding steroid dienone is 2. The monoisotopic (exact) mass is 553 g/mol. The summed E-state index contributed by atoms with van der Waals surface area (Å²) in [4.78, 5) is 25.4. The van der Waals surface area contributed by atoms with Crippen LogP contribution < -0.4 is 4.74 Å². The molecule has 1 aromatic carbocycles. The van der Waals surface area contributed by atoms with E-state index in [2.05, 4.69) is 16.0 Å². The van der Waals surface area contributed by atoms with Crippen molar-refractivity contribution in [2.24, 2.45) is 5.92 Å². The summed E-state index contributed by atoms with van der Waals surface area (Å²) in [5, 5.41) is 18.4. The molecule has 0 spiro atoms. The average Bonchev–Trinajstić information content (AvgIpc) is 3.30. The minimum Gasteiger partial charge on any atom is -0.477 e. The van der Waals surface area contributed by atoms with Gasteiger partial charge >= 0.3 is 5.97 Å². The largest absolute Gasteiger partial charge is 0.477 e. The van der Waals surface area contributed by atoms with Crippen LogP contribution in [-0.4, -0.2) is 43.3 Å². The van der Waals surface area contributed by atoms with Gasteiger partial charge in [-0.2, -0.15) is 5.26 Å². The van der Waals surface area contributed by atoms with Crippen molar-refractivity contribution in [1.29, 1.82) is 5.26 Å². The van der Waals surface area contributed by atoms with E-state index in [0.29, 0.717) is 35.1 Å². The highest BCUT2D eigenvalue weighted by Crippen LogP contribution is 2.33. The number of carboxylic acid groups (broad SMARTS) is 1. The third kappa shape index (κ3) is 5.81. The zero-order valence-corrected chi connectivity index (χ0v) is 22.3. The van der Waals surface area contributed by atoms with E-state index in [9.17, 15) is 14.3 Å². The molecule has 0 saturated carbocycles. The molecule has 1 unspecified atom stereocenters. The van der Waals surface area contributed by atoms with Crippen LogP contribution in [0, 0.1) is 23.1 Å². The number of hydrogen-bond donors (Lipinski definition) is 1. The molecule has 208 valence electrons. The van der Waals surface area contributed by atoms with Crippen molar-refractivity contribution in [2.45, 2.75) is 51.4 Å². The first-order chi connectivity index (χ1) is 20.0. The van der Waals surface area contributed by atoms with E-state index in [1.54, 1.807) is 24.3 Å². The van der Waals surface area contributed by atoms with E-state index in [1.807, 2.05) is 22.8 Å². The Labute approximate surface area is 235 Å². The Balaban J connectivity index is 1.14. The minimum atomic E-state index is -1.06. The molecule has 41 heavy (non-hydrogen) atoms. The van der Waals surface area contributed by atoms with Gasteiger partial charge in [0.25, 0.3) is 0 Å². The predicted octanol–water partition coefficient (Wildman–Crippen LogP) is 5.33. The maximum atomic E-state index is 14.2. The lowest BCUT2D eigenvalue weighted by Gasteiger charge is -2.28. The number of carboxylic acids is 1. The zero-order chi connectivity index (χ0) is 28.3. The smallest absolute Gasteiger partial charge is 0.354 e. The highest BCUT2D eigenvalue weighted by Gasteiger charge is 2.25. The Hall–Kier alpha value is -4.62. The number of imidazole rings is 1. The molecule has 6 rings (SSSR count). The summed E-state index contributed by atoms with van der Waals surface area (Å²) < 4.78 is 27.7. The molecule has 1 saturated heterocycles. The van der Waals surface area contributed by atoms with E-state index >= 15 is 0 Å². The van der Waals surface area contributed by atoms with E-state index in [4.69, 9.17) is 19.7 Å². The minimum absolute atomic E-state index is 0.00529. The van der Waals surface area contributed by atoms with Gasteiger partial charge < -0.3 is 19.1 Å². The highest BCUT2D eigenvalue weighted by molar-refractivity contribution is 5.88. The fourth-order valence-electron chi connectivity index (χ4n) is 5.27. The van der Waals surface area contributed by atoms with Gasteiger partial charge in [0, 0.05) is 24.7 Å². The van der Waals surface area contributed by atoms with Crippen LogP contribution in [-0.2, 0) is 24.3 Å². The second kappa shape index (κ2) is 11.5. The first-order valence-corrected chi connectivity index (χ1v) is 13.7. The molecule has 3 aromatic heterocycles. The van der Waals surface area contributed by atoms with Crippen molar-refractivity contribution in [3.05, 3.63) is 88.8 Å². The maximum Gasteiger partial charge on any atom is 0.354 e. The molecular weight excluding hydrogens is 525 g/mol. The lowest BCUT2D eigenvalue weighted by molar-refractivity contribution is -0.0591. The van der Waals surface area contributed by atoms with Crippen LogP contribution in [0.3, 0.4) is 0 Å². The lowest BCUT2D eigenvalue weighted by atomic mass is 9.86. The Morgan fingerprint density at radius 1 is 1.17 bits per heavy atom. The normalized spacial score (nSPS) is 18.4. The molecule has 4 heterocycles. The van der Waals surface area contributed by atoms with Gasteiger partial charge in [0.2, 0.25) is 5.88 Å². The fourth-order valence-corrected chi connectivity index (χ4v) is 5.27. The molecular formula is C31H28FN5O4. The summed E-state index contributed by atoms with van der Waals surface area (Å²) in [5.41, 5.74) is 3.89. The number of aromatic carboxylic acids is 1. The molecule has 1 aliphatic heterocycles. The third-order valence-corrected chi connectivity index (χ3v) is 7.67. The van der Waals surface area contributed by atoms with Gasteiger partial charge in [-0.1, -0.05) is 18.2 Å². The van der Waals surface area contributed by atoms with Gasteiger partial charge in [-0.15, -0.1) is 0 Å². The van der Waals surface area contributed by atoms with Crippen LogP contribution in [0.2, 0.25) is 0 Å². The summed E-state index contributed by atoms with van der Waals surface area (Å²) in [6.07, 6.45) is 6.67. The van der Waals surface area contributed by atoms with Gasteiger partial charge in [0.05, 0.1) is 30.0 Å². The van der Waals surface area contributed by atoms with Gasteiger partial charge in [-0.05, 0) is 67.5 Å². The summed E-state index contributed by atoms with van der Waals surface area (Å²) in [5.74, 6) is 0.142. The van der Waals surface area contributed by atoms with Crippen molar-refractivity contribution in [3.8, 4) is 11.9 Å². The molecule has 0 amide bonds. The molecule has 2 atom stereocenters. The van der Waals surface area contributed by atoms with Gasteiger partial charge in [-0.25, -0.2) is 24.1 Å². The second-order valence-corrected chi connectivity index (χ2v) is 10.4. The first-order valence-electron chi connectivity index (χ1n) is 13.7. The molecule has 0 radical (unpaired) electrons. The van der Waals surface area contributed by atoms with Crippen LogP contribution in [0.4, 0.5) is 4.39 Å². The Kier molecular flexibility index (Phi) is 7.44. The van der Waals surface area contributed by atoms with Crippen molar-refractivity contribution >= 4 is 22.7 Å². The van der Waals surface area contributed by atoms with E-state index < -0.39 is 11.8 Å². The summed E-state index contributed by atoms with van der Waals surface area (Å²) >= 11 is 0. The Morgan fingerprint density at radius 3 is 2.76 bits per heavy atom. The Bertz CT molecular complexity index is 1690. The molecule has 1 N–H and O–H groups in total. The number of benzene rings is 1. The van der Waals surface area contributed by atoms with E-state index in [-0.39, 0.29) is 24.0 Å². The molecule has 0 bridgehead atoms. The standard InChI is InChI=1S/C31H28FN5O4/c32-24-14-20(16-33)6-9-22(24)18-41-29-3-1-2-25(35-29)21-7-4-19(5-8-21)15-28-34-26-10-11-27(31(38)39)36-30(26)37(28)17-23-12-13-40-23/h1-3,6-7,9-11,14,19,23H,4-5,8,12-13,15,17-18H2,(H,38,39)/t19?,23-/m0/s1. The average molecular weight is 554 g/mol. The SMILES string of the molecule is N#Cc1ccc(COc2cccc(C3=CCC(Cc4nc5ccc(C(=O)O)nc5n4C[C@@H]4CCO4)CC3)n2)c(F)c1. The summed E-state index contributed by atoms with van der Waals surface area (Å²) in [7, 11) is 0. The van der Waals surface area contributed by atoms with Crippen molar-refractivity contribution < 1.29 is 23.8 Å². The van der Waals surface area contributed by atoms with Crippen molar-refractivity contribution in [1.82, 2.24) is 19.5 Å². The van der Waals surface area contributed by atoms with Crippen molar-refractivity contribution in [2.75, 3.05) is 6.61 Å². The van der Waals surface area contributed by atoms with Crippen LogP contribution in [0.25, 0.3) is 16.7 Å². The van der Waals surface area contributed by atoms with E-state index in [1.165, 1.54) is 12.1 Å². The van der Waals surface area contributed by atoms with E-state index in [0.717, 1.165) is 55.8 Å². The number of nitrogens with zero attached hydrogens (tertiary/aromatic N) is 5. The Morgan fingerprint density at radius 2 is 2.05 bits per heavy atom. The van der Waals surface area contributed by atoms with Crippen LogP contribution >= 0.6 is 0 Å². The van der Waals surface area contributed by atoms with Gasteiger partial charge in [0.1, 0.15) is 23.8 Å². The first kappa shape index (κ1) is 26.6. The quantitative estimate of drug-likeness (QED) is 0.295. The summed E-state index contributed by atoms with van der Waals surface area (Å²) in [6, 6.07) is 15.0. The number of hydrogen-bond acceptors (Lipinski definition) is 7. The lowest BCUT2D eigenvalue weighted by Crippen LogP contribution is -2.32. The number of halogens is 1. The number of rotatable bonds is 9. The number of nitriles is 1. The van der Waals surface area contributed by atoms with Gasteiger partial charge in [0.15, 0.2) is 11.3 Å². The van der Waals surface area contributed by atoms with Crippen LogP contribution in [0.15, 0.2) is 54.6 Å². The van der Waals surface area contributed by atoms with Gasteiger partial charge in [-0.3, -0.25) is 0 Å². The molecule has 9 nitrogen and oxygen atoms in total. The highest BCUT2D eigenvalue weighted by atomic mass is 19.1. The molecule has 1 aliphatic carbocycles. The molecule has 2 aliphatic rings. The number of aromatic nitrogens is 4. The fraction of sp³-hybridized carbons (Fsp3) is 0.323.